The molecule has 1 saturated heterocycles. The molecule has 1 amide bonds. The molecule has 4 heteroatoms. The van der Waals surface area contributed by atoms with Crippen LogP contribution in [0.1, 0.15) is 61.2 Å². The molecule has 0 spiro atoms. The van der Waals surface area contributed by atoms with E-state index in [4.69, 9.17) is 9.47 Å². The van der Waals surface area contributed by atoms with Crippen LogP contribution in [0.4, 0.5) is 0 Å². The molecule has 0 bridgehead atoms. The number of amides is 1. The van der Waals surface area contributed by atoms with E-state index in [1.165, 1.54) is 0 Å². The van der Waals surface area contributed by atoms with Gasteiger partial charge < -0.3 is 14.8 Å². The zero-order valence-electron chi connectivity index (χ0n) is 17.9. The fraction of sp³-hybridized carbons (Fsp3) is 0.542. The summed E-state index contributed by atoms with van der Waals surface area (Å²) in [7, 11) is 0. The summed E-state index contributed by atoms with van der Waals surface area (Å²) in [4.78, 5) is 12.9. The van der Waals surface area contributed by atoms with E-state index in [1.807, 2.05) is 20.8 Å². The summed E-state index contributed by atoms with van der Waals surface area (Å²) in [6, 6.07) is 4.14. The first-order valence-electron chi connectivity index (χ1n) is 10.3. The number of hydrogen-bond donors (Lipinski definition) is 1. The molecule has 2 aliphatic rings. The Morgan fingerprint density at radius 2 is 1.86 bits per heavy atom. The first-order chi connectivity index (χ1) is 13.2. The summed E-state index contributed by atoms with van der Waals surface area (Å²) in [6.45, 7) is 12.9. The predicted octanol–water partition coefficient (Wildman–Crippen LogP) is 4.80. The van der Waals surface area contributed by atoms with Gasteiger partial charge in [0.05, 0.1) is 12.2 Å². The quantitative estimate of drug-likeness (QED) is 0.655. The molecule has 2 heterocycles. The fourth-order valence-corrected chi connectivity index (χ4v) is 4.15. The van der Waals surface area contributed by atoms with E-state index in [0.29, 0.717) is 6.54 Å². The highest BCUT2D eigenvalue weighted by molar-refractivity contribution is 5.99. The van der Waals surface area contributed by atoms with Crippen molar-refractivity contribution in [3.05, 3.63) is 52.6 Å². The van der Waals surface area contributed by atoms with Crippen molar-refractivity contribution in [2.75, 3.05) is 6.54 Å². The summed E-state index contributed by atoms with van der Waals surface area (Å²) in [5, 5.41) is 3.10. The van der Waals surface area contributed by atoms with Crippen LogP contribution in [0.3, 0.4) is 0 Å². The first kappa shape index (κ1) is 20.8. The minimum Gasteiger partial charge on any atom is -0.351 e. The third kappa shape index (κ3) is 4.73. The zero-order valence-corrected chi connectivity index (χ0v) is 17.9. The Labute approximate surface area is 169 Å². The van der Waals surface area contributed by atoms with E-state index < -0.39 is 5.79 Å². The second kappa shape index (κ2) is 8.22. The minimum absolute atomic E-state index is 0.00710. The average molecular weight is 384 g/mol. The number of nitrogens with one attached hydrogen (secondary N) is 1. The van der Waals surface area contributed by atoms with Crippen LogP contribution in [0, 0.1) is 25.7 Å². The van der Waals surface area contributed by atoms with Crippen molar-refractivity contribution in [2.24, 2.45) is 11.8 Å². The van der Waals surface area contributed by atoms with Gasteiger partial charge >= 0.3 is 0 Å². The Morgan fingerprint density at radius 1 is 1.11 bits per heavy atom. The van der Waals surface area contributed by atoms with Crippen LogP contribution in [0.25, 0.3) is 6.08 Å². The Kier molecular flexibility index (Phi) is 6.11. The van der Waals surface area contributed by atoms with E-state index in [-0.39, 0.29) is 30.0 Å². The van der Waals surface area contributed by atoms with Gasteiger partial charge in [-0.25, -0.2) is 0 Å². The minimum atomic E-state index is -0.576. The normalized spacial score (nSPS) is 32.6. The molecule has 0 aromatic heterocycles. The summed E-state index contributed by atoms with van der Waals surface area (Å²) >= 11 is 0. The summed E-state index contributed by atoms with van der Waals surface area (Å²) < 4.78 is 12.4. The number of carbonyl (C=O) groups is 1. The second-order valence-electron chi connectivity index (χ2n) is 8.75. The van der Waals surface area contributed by atoms with E-state index in [2.05, 4.69) is 62.5 Å². The molecule has 0 saturated carbocycles. The molecule has 3 rings (SSSR count). The van der Waals surface area contributed by atoms with Crippen molar-refractivity contribution in [1.82, 2.24) is 5.32 Å². The summed E-state index contributed by atoms with van der Waals surface area (Å²) in [5.74, 6) is -0.110. The van der Waals surface area contributed by atoms with E-state index in [0.717, 1.165) is 28.7 Å². The highest BCUT2D eigenvalue weighted by Gasteiger charge is 2.42. The maximum Gasteiger partial charge on any atom is 0.252 e. The molecule has 152 valence electrons. The largest absolute Gasteiger partial charge is 0.351 e. The molecular weight excluding hydrogens is 350 g/mol. The van der Waals surface area contributed by atoms with Crippen molar-refractivity contribution in [1.29, 1.82) is 0 Å². The molecule has 1 N–H and O–H groups in total. The molecule has 1 aromatic rings. The Morgan fingerprint density at radius 3 is 2.61 bits per heavy atom. The Balaban J connectivity index is 1.98. The molecule has 2 unspecified atom stereocenters. The van der Waals surface area contributed by atoms with Crippen molar-refractivity contribution in [3.63, 3.8) is 0 Å². The van der Waals surface area contributed by atoms with Gasteiger partial charge in [0.25, 0.3) is 5.91 Å². The molecule has 0 radical (unpaired) electrons. The molecule has 4 nitrogen and oxygen atoms in total. The number of rotatable bonds is 0. The van der Waals surface area contributed by atoms with Gasteiger partial charge in [-0.1, -0.05) is 55.8 Å². The highest BCUT2D eigenvalue weighted by Crippen LogP contribution is 2.35. The molecule has 1 fully saturated rings. The monoisotopic (exact) mass is 383 g/mol. The van der Waals surface area contributed by atoms with Crippen molar-refractivity contribution < 1.29 is 14.3 Å². The number of hydrogen-bond acceptors (Lipinski definition) is 3. The van der Waals surface area contributed by atoms with Gasteiger partial charge in [0.2, 0.25) is 0 Å². The molecule has 2 aliphatic heterocycles. The lowest BCUT2D eigenvalue weighted by atomic mass is 9.94. The number of fused-ring (bicyclic) bond motifs is 2. The third-order valence-corrected chi connectivity index (χ3v) is 5.47. The topological polar surface area (TPSA) is 47.6 Å². The Bertz CT molecular complexity index is 793. The predicted molar refractivity (Wildman–Crippen MR) is 113 cm³/mol. The fourth-order valence-electron chi connectivity index (χ4n) is 4.15. The number of benzene rings is 1. The average Bonchev–Trinajstić information content (AvgIpc) is 2.91. The van der Waals surface area contributed by atoms with Crippen LogP contribution in [0.5, 0.6) is 0 Å². The smallest absolute Gasteiger partial charge is 0.252 e. The lowest BCUT2D eigenvalue weighted by Crippen LogP contribution is -2.30. The lowest BCUT2D eigenvalue weighted by Gasteiger charge is -2.21. The van der Waals surface area contributed by atoms with E-state index >= 15 is 0 Å². The first-order valence-corrected chi connectivity index (χ1v) is 10.3. The molecule has 28 heavy (non-hydrogen) atoms. The summed E-state index contributed by atoms with van der Waals surface area (Å²) in [6.07, 6.45) is 9.27. The van der Waals surface area contributed by atoms with Gasteiger partial charge in [-0.05, 0) is 51.2 Å². The van der Waals surface area contributed by atoms with E-state index in [1.54, 1.807) is 0 Å². The van der Waals surface area contributed by atoms with Crippen molar-refractivity contribution in [2.45, 2.75) is 66.0 Å². The van der Waals surface area contributed by atoms with Gasteiger partial charge in [-0.3, -0.25) is 4.79 Å². The van der Waals surface area contributed by atoms with Crippen LogP contribution < -0.4 is 5.32 Å². The van der Waals surface area contributed by atoms with Gasteiger partial charge in [-0.15, -0.1) is 0 Å². The van der Waals surface area contributed by atoms with Gasteiger partial charge in [-0.2, -0.15) is 0 Å². The van der Waals surface area contributed by atoms with Crippen LogP contribution in [-0.4, -0.2) is 30.4 Å². The van der Waals surface area contributed by atoms with Crippen LogP contribution in [0.2, 0.25) is 0 Å². The SMILES string of the molecule is Cc1cc(C)c2c(c1)/C=C/C[C@@H]1OC(C)(C)OC1C(C)/C=C\[C@@H](C)CNC2=O. The van der Waals surface area contributed by atoms with Crippen LogP contribution in [0.15, 0.2) is 30.4 Å². The zero-order chi connectivity index (χ0) is 20.5. The van der Waals surface area contributed by atoms with Gasteiger partial charge in [0, 0.05) is 18.0 Å². The van der Waals surface area contributed by atoms with Gasteiger partial charge in [0.1, 0.15) is 0 Å². The van der Waals surface area contributed by atoms with Gasteiger partial charge in [0.15, 0.2) is 5.79 Å². The van der Waals surface area contributed by atoms with Crippen molar-refractivity contribution >= 4 is 12.0 Å². The highest BCUT2D eigenvalue weighted by atomic mass is 16.7. The standard InChI is InChI=1S/C24H33NO3/c1-15-10-11-17(3)22-20(27-24(5,6)28-22)9-7-8-19-13-16(2)12-18(4)21(19)23(26)25-14-15/h7-8,10-13,15,17,20,22H,9,14H2,1-6H3,(H,25,26)/b8-7+,11-10-/t15-,17?,20+,22?/m1/s1. The van der Waals surface area contributed by atoms with Crippen LogP contribution >= 0.6 is 0 Å². The Hall–Kier alpha value is -1.91. The second-order valence-corrected chi connectivity index (χ2v) is 8.75. The molecule has 0 aliphatic carbocycles. The van der Waals surface area contributed by atoms with E-state index in [9.17, 15) is 4.79 Å². The number of aryl methyl sites for hydroxylation is 2. The maximum absolute atomic E-state index is 12.9. The van der Waals surface area contributed by atoms with Crippen molar-refractivity contribution in [3.8, 4) is 0 Å². The molecular formula is C24H33NO3. The number of ether oxygens (including phenoxy) is 2. The number of carbonyl (C=O) groups excluding carboxylic acids is 1. The molecule has 4 atom stereocenters. The molecule has 1 aromatic carbocycles. The third-order valence-electron chi connectivity index (χ3n) is 5.47. The lowest BCUT2D eigenvalue weighted by molar-refractivity contribution is -0.148. The van der Waals surface area contributed by atoms with Crippen LogP contribution in [-0.2, 0) is 9.47 Å². The summed E-state index contributed by atoms with van der Waals surface area (Å²) in [5.41, 5.74) is 3.86. The maximum atomic E-state index is 12.9.